The number of esters is 1. The van der Waals surface area contributed by atoms with E-state index in [9.17, 15) is 14.4 Å². The SMILES string of the molecule is CCOC(=O)c1c(NC(=O)CSC(=S)N(CC)CC)sc(C(C)=O)c1C. The number of thioether (sulfide) groups is 1. The summed E-state index contributed by atoms with van der Waals surface area (Å²) in [6.07, 6.45) is 0. The average molecular weight is 417 g/mol. The molecule has 1 N–H and O–H groups in total. The molecule has 0 bridgehead atoms. The molecule has 1 heterocycles. The standard InChI is InChI=1S/C17H24N2O4S3/c1-6-19(7-2)17(24)25-9-12(21)18-15-13(16(22)23-8-3)10(4)14(26-15)11(5)20/h6-9H2,1-5H3,(H,18,21). The maximum atomic E-state index is 12.3. The number of ketones is 1. The van der Waals surface area contributed by atoms with E-state index in [-0.39, 0.29) is 29.6 Å². The van der Waals surface area contributed by atoms with Crippen LogP contribution in [0.1, 0.15) is 53.3 Å². The third kappa shape index (κ3) is 5.78. The molecule has 144 valence electrons. The van der Waals surface area contributed by atoms with E-state index < -0.39 is 5.97 Å². The second-order valence-electron chi connectivity index (χ2n) is 5.31. The number of thiocarbonyl (C=S) groups is 1. The Morgan fingerprint density at radius 2 is 1.85 bits per heavy atom. The Morgan fingerprint density at radius 1 is 1.23 bits per heavy atom. The van der Waals surface area contributed by atoms with Crippen molar-refractivity contribution >= 4 is 62.3 Å². The Bertz CT molecular complexity index is 696. The van der Waals surface area contributed by atoms with E-state index in [1.165, 1.54) is 18.7 Å². The van der Waals surface area contributed by atoms with Crippen LogP contribution in [0.2, 0.25) is 0 Å². The molecule has 1 rings (SSSR count). The first-order chi connectivity index (χ1) is 12.3. The topological polar surface area (TPSA) is 75.7 Å². The predicted molar refractivity (Wildman–Crippen MR) is 112 cm³/mol. The quantitative estimate of drug-likeness (QED) is 0.393. The number of nitrogens with one attached hydrogen (secondary N) is 1. The fraction of sp³-hybridized carbons (Fsp3) is 0.529. The van der Waals surface area contributed by atoms with Crippen LogP contribution in [-0.2, 0) is 9.53 Å². The van der Waals surface area contributed by atoms with Gasteiger partial charge in [0.05, 0.1) is 22.8 Å². The summed E-state index contributed by atoms with van der Waals surface area (Å²) in [6, 6.07) is 0. The number of thiophene rings is 1. The summed E-state index contributed by atoms with van der Waals surface area (Å²) in [5.74, 6) is -0.860. The van der Waals surface area contributed by atoms with Gasteiger partial charge < -0.3 is 15.0 Å². The van der Waals surface area contributed by atoms with Gasteiger partial charge in [0.15, 0.2) is 5.78 Å². The number of hydrogen-bond donors (Lipinski definition) is 1. The molecule has 26 heavy (non-hydrogen) atoms. The molecule has 0 unspecified atom stereocenters. The Kier molecular flexibility index (Phi) is 9.24. The lowest BCUT2D eigenvalue weighted by Crippen LogP contribution is -2.28. The van der Waals surface area contributed by atoms with Crippen molar-refractivity contribution in [3.8, 4) is 0 Å². The zero-order valence-electron chi connectivity index (χ0n) is 15.6. The van der Waals surface area contributed by atoms with Gasteiger partial charge in [-0.1, -0.05) is 24.0 Å². The largest absolute Gasteiger partial charge is 0.462 e. The van der Waals surface area contributed by atoms with E-state index in [4.69, 9.17) is 17.0 Å². The van der Waals surface area contributed by atoms with Crippen molar-refractivity contribution < 1.29 is 19.1 Å². The van der Waals surface area contributed by atoms with Crippen LogP contribution >= 0.6 is 35.3 Å². The van der Waals surface area contributed by atoms with Gasteiger partial charge in [-0.25, -0.2) is 4.79 Å². The van der Waals surface area contributed by atoms with Gasteiger partial charge in [0.1, 0.15) is 9.32 Å². The molecular weight excluding hydrogens is 392 g/mol. The highest BCUT2D eigenvalue weighted by atomic mass is 32.2. The molecule has 0 aliphatic rings. The minimum atomic E-state index is -0.546. The highest BCUT2D eigenvalue weighted by molar-refractivity contribution is 8.23. The van der Waals surface area contributed by atoms with Crippen LogP contribution in [0.4, 0.5) is 5.00 Å². The van der Waals surface area contributed by atoms with Gasteiger partial charge in [-0.3, -0.25) is 9.59 Å². The van der Waals surface area contributed by atoms with Gasteiger partial charge >= 0.3 is 5.97 Å². The minimum absolute atomic E-state index is 0.129. The third-order valence-corrected chi connectivity index (χ3v) is 6.38. The molecule has 0 spiro atoms. The van der Waals surface area contributed by atoms with Gasteiger partial charge in [0, 0.05) is 13.1 Å². The van der Waals surface area contributed by atoms with E-state index >= 15 is 0 Å². The molecule has 1 aromatic heterocycles. The highest BCUT2D eigenvalue weighted by Crippen LogP contribution is 2.34. The number of ether oxygens (including phenoxy) is 1. The second-order valence-corrected chi connectivity index (χ2v) is 7.94. The first-order valence-electron chi connectivity index (χ1n) is 8.29. The van der Waals surface area contributed by atoms with Crippen LogP contribution in [-0.4, -0.2) is 52.3 Å². The van der Waals surface area contributed by atoms with Crippen molar-refractivity contribution in [2.24, 2.45) is 0 Å². The Labute approximate surface area is 167 Å². The lowest BCUT2D eigenvalue weighted by atomic mass is 10.1. The zero-order valence-corrected chi connectivity index (χ0v) is 18.1. The van der Waals surface area contributed by atoms with E-state index in [0.717, 1.165) is 24.4 Å². The number of rotatable bonds is 8. The molecular formula is C17H24N2O4S3. The van der Waals surface area contributed by atoms with Crippen LogP contribution in [0, 0.1) is 6.92 Å². The van der Waals surface area contributed by atoms with Crippen LogP contribution in [0.3, 0.4) is 0 Å². The normalized spacial score (nSPS) is 10.3. The molecule has 1 amide bonds. The molecule has 6 nitrogen and oxygen atoms in total. The van der Waals surface area contributed by atoms with Gasteiger partial charge in [0.2, 0.25) is 5.91 Å². The molecule has 9 heteroatoms. The third-order valence-electron chi connectivity index (χ3n) is 3.55. The Morgan fingerprint density at radius 3 is 2.35 bits per heavy atom. The summed E-state index contributed by atoms with van der Waals surface area (Å²) in [7, 11) is 0. The van der Waals surface area contributed by atoms with E-state index in [1.807, 2.05) is 18.7 Å². The van der Waals surface area contributed by atoms with Crippen LogP contribution < -0.4 is 5.32 Å². The predicted octanol–water partition coefficient (Wildman–Crippen LogP) is 3.73. The number of hydrogen-bond acceptors (Lipinski definition) is 7. The Hall–Kier alpha value is -1.45. The lowest BCUT2D eigenvalue weighted by molar-refractivity contribution is -0.113. The minimum Gasteiger partial charge on any atom is -0.462 e. The van der Waals surface area contributed by atoms with Gasteiger partial charge in [-0.15, -0.1) is 11.3 Å². The van der Waals surface area contributed by atoms with Crippen molar-refractivity contribution in [3.05, 3.63) is 16.0 Å². The van der Waals surface area contributed by atoms with Crippen molar-refractivity contribution in [2.45, 2.75) is 34.6 Å². The maximum absolute atomic E-state index is 12.3. The molecule has 0 aliphatic heterocycles. The average Bonchev–Trinajstić information content (AvgIpc) is 2.90. The summed E-state index contributed by atoms with van der Waals surface area (Å²) in [5, 5.41) is 3.06. The Balaban J connectivity index is 2.92. The van der Waals surface area contributed by atoms with Crippen molar-refractivity contribution in [2.75, 3.05) is 30.8 Å². The summed E-state index contributed by atoms with van der Waals surface area (Å²) in [4.78, 5) is 38.7. The van der Waals surface area contributed by atoms with E-state index in [0.29, 0.717) is 19.8 Å². The van der Waals surface area contributed by atoms with Crippen molar-refractivity contribution in [1.29, 1.82) is 0 Å². The molecule has 1 aromatic rings. The summed E-state index contributed by atoms with van der Waals surface area (Å²) in [6.45, 7) is 10.6. The molecule has 0 atom stereocenters. The first-order valence-corrected chi connectivity index (χ1v) is 10.5. The van der Waals surface area contributed by atoms with Gasteiger partial charge in [0.25, 0.3) is 0 Å². The molecule has 0 saturated carbocycles. The summed E-state index contributed by atoms with van der Waals surface area (Å²) >= 11 is 7.67. The monoisotopic (exact) mass is 416 g/mol. The maximum Gasteiger partial charge on any atom is 0.341 e. The highest BCUT2D eigenvalue weighted by Gasteiger charge is 2.25. The fourth-order valence-electron chi connectivity index (χ4n) is 2.25. The van der Waals surface area contributed by atoms with Gasteiger partial charge in [-0.05, 0) is 40.2 Å². The first kappa shape index (κ1) is 22.6. The second kappa shape index (κ2) is 10.6. The number of carbonyl (C=O) groups excluding carboxylic acids is 3. The lowest BCUT2D eigenvalue weighted by Gasteiger charge is -2.20. The summed E-state index contributed by atoms with van der Waals surface area (Å²) in [5.41, 5.74) is 0.772. The van der Waals surface area contributed by atoms with Crippen molar-refractivity contribution in [1.82, 2.24) is 4.90 Å². The van der Waals surface area contributed by atoms with E-state index in [1.54, 1.807) is 13.8 Å². The van der Waals surface area contributed by atoms with E-state index in [2.05, 4.69) is 5.32 Å². The number of anilines is 1. The molecule has 0 saturated heterocycles. The van der Waals surface area contributed by atoms with Crippen LogP contribution in [0.15, 0.2) is 0 Å². The number of Topliss-reactive ketones (excluding diaryl/α,β-unsaturated/α-hetero) is 1. The van der Waals surface area contributed by atoms with Crippen LogP contribution in [0.5, 0.6) is 0 Å². The van der Waals surface area contributed by atoms with Crippen LogP contribution in [0.25, 0.3) is 0 Å². The molecule has 0 fully saturated rings. The van der Waals surface area contributed by atoms with Gasteiger partial charge in [-0.2, -0.15) is 0 Å². The molecule has 0 radical (unpaired) electrons. The number of amides is 1. The summed E-state index contributed by atoms with van der Waals surface area (Å²) < 4.78 is 5.71. The van der Waals surface area contributed by atoms with Crippen molar-refractivity contribution in [3.63, 3.8) is 0 Å². The fourth-order valence-corrected chi connectivity index (χ4v) is 4.56. The molecule has 0 aromatic carbocycles. The molecule has 0 aliphatic carbocycles. The number of nitrogens with zero attached hydrogens (tertiary/aromatic N) is 1. The number of carbonyl (C=O) groups is 3. The zero-order chi connectivity index (χ0) is 19.9. The smallest absolute Gasteiger partial charge is 0.341 e.